The fourth-order valence-electron chi connectivity index (χ4n) is 4.25. The van der Waals surface area contributed by atoms with E-state index >= 15 is 0 Å². The van der Waals surface area contributed by atoms with E-state index in [1.54, 1.807) is 4.52 Å². The second-order valence-electron chi connectivity index (χ2n) is 8.45. The first-order valence-corrected chi connectivity index (χ1v) is 11.1. The van der Waals surface area contributed by atoms with E-state index in [0.717, 1.165) is 59.7 Å². The van der Waals surface area contributed by atoms with Crippen molar-refractivity contribution < 1.29 is 4.74 Å². The zero-order chi connectivity index (χ0) is 21.9. The van der Waals surface area contributed by atoms with E-state index in [9.17, 15) is 0 Å². The minimum absolute atomic E-state index is 0.314. The second kappa shape index (κ2) is 8.88. The third kappa shape index (κ3) is 4.53. The first-order chi connectivity index (χ1) is 15.6. The van der Waals surface area contributed by atoms with Gasteiger partial charge in [-0.25, -0.2) is 9.50 Å². The second-order valence-corrected chi connectivity index (χ2v) is 8.45. The van der Waals surface area contributed by atoms with E-state index in [-0.39, 0.29) is 0 Å². The number of benzene rings is 2. The standard InChI is InChI=1S/C25H28N6O/c26-19-8-6-18(7-9-19)23-15-31-25(29-23)22(14-24(27)30-31)28-20-10-12-21(13-11-20)32-16-17-4-2-1-3-5-17/h1-5,10-15,18-19,28H,6-9,16,26H2,(H2,27,30)/t18-,19-. The molecule has 0 saturated heterocycles. The largest absolute Gasteiger partial charge is 0.489 e. The summed E-state index contributed by atoms with van der Waals surface area (Å²) >= 11 is 0. The lowest BCUT2D eigenvalue weighted by Crippen LogP contribution is -2.25. The van der Waals surface area contributed by atoms with Gasteiger partial charge in [0.2, 0.25) is 0 Å². The molecule has 0 bridgehead atoms. The summed E-state index contributed by atoms with van der Waals surface area (Å²) in [5, 5.41) is 7.86. The van der Waals surface area contributed by atoms with Crippen LogP contribution in [0.25, 0.3) is 5.65 Å². The summed E-state index contributed by atoms with van der Waals surface area (Å²) in [6.45, 7) is 0.540. The van der Waals surface area contributed by atoms with Crippen molar-refractivity contribution in [3.8, 4) is 5.75 Å². The Morgan fingerprint density at radius 3 is 2.50 bits per heavy atom. The van der Waals surface area contributed by atoms with Gasteiger partial charge in [0.15, 0.2) is 5.65 Å². The lowest BCUT2D eigenvalue weighted by Gasteiger charge is -2.24. The van der Waals surface area contributed by atoms with Gasteiger partial charge in [-0.05, 0) is 55.5 Å². The number of anilines is 3. The topological polar surface area (TPSA) is 103 Å². The van der Waals surface area contributed by atoms with E-state index < -0.39 is 0 Å². The van der Waals surface area contributed by atoms with Gasteiger partial charge in [0.25, 0.3) is 0 Å². The summed E-state index contributed by atoms with van der Waals surface area (Å²) in [4.78, 5) is 4.90. The SMILES string of the molecule is Nc1cc(Nc2ccc(OCc3ccccc3)cc2)c2nc([C@H]3CC[C@H](N)CC3)cn2n1. The molecule has 0 atom stereocenters. The average molecular weight is 429 g/mol. The Kier molecular flexibility index (Phi) is 5.64. The first-order valence-electron chi connectivity index (χ1n) is 11.1. The molecule has 7 heteroatoms. The molecule has 2 heterocycles. The Morgan fingerprint density at radius 1 is 1.00 bits per heavy atom. The predicted octanol–water partition coefficient (Wildman–Crippen LogP) is 4.62. The molecule has 0 amide bonds. The Labute approximate surface area is 187 Å². The molecule has 0 aliphatic heterocycles. The molecule has 1 saturated carbocycles. The number of aromatic nitrogens is 3. The Hall–Kier alpha value is -3.58. The van der Waals surface area contributed by atoms with Crippen LogP contribution in [0.5, 0.6) is 5.75 Å². The summed E-state index contributed by atoms with van der Waals surface area (Å²) in [6.07, 6.45) is 6.20. The Morgan fingerprint density at radius 2 is 1.75 bits per heavy atom. The minimum atomic E-state index is 0.314. The maximum atomic E-state index is 6.07. The number of rotatable bonds is 6. The Bertz CT molecular complexity index is 1180. The zero-order valence-corrected chi connectivity index (χ0v) is 17.9. The van der Waals surface area contributed by atoms with Gasteiger partial charge < -0.3 is 21.5 Å². The van der Waals surface area contributed by atoms with Crippen LogP contribution in [-0.4, -0.2) is 20.6 Å². The number of hydrogen-bond donors (Lipinski definition) is 3. The van der Waals surface area contributed by atoms with E-state index in [1.807, 2.05) is 54.7 Å². The number of nitrogens with zero attached hydrogens (tertiary/aromatic N) is 3. The molecule has 0 unspecified atom stereocenters. The smallest absolute Gasteiger partial charge is 0.177 e. The van der Waals surface area contributed by atoms with Crippen LogP contribution in [0, 0.1) is 0 Å². The van der Waals surface area contributed by atoms with Gasteiger partial charge >= 0.3 is 0 Å². The van der Waals surface area contributed by atoms with Crippen molar-refractivity contribution >= 4 is 22.8 Å². The molecule has 0 radical (unpaired) electrons. The third-order valence-electron chi connectivity index (χ3n) is 6.03. The summed E-state index contributed by atoms with van der Waals surface area (Å²) in [5.74, 6) is 1.68. The molecule has 1 aliphatic rings. The number of nitrogens with one attached hydrogen (secondary N) is 1. The van der Waals surface area contributed by atoms with Crippen molar-refractivity contribution in [2.75, 3.05) is 11.1 Å². The molecule has 1 aliphatic carbocycles. The van der Waals surface area contributed by atoms with Crippen molar-refractivity contribution in [2.45, 2.75) is 44.2 Å². The van der Waals surface area contributed by atoms with Gasteiger partial charge in [-0.15, -0.1) is 5.10 Å². The van der Waals surface area contributed by atoms with Crippen LogP contribution in [0.4, 0.5) is 17.2 Å². The molecule has 7 nitrogen and oxygen atoms in total. The van der Waals surface area contributed by atoms with Crippen molar-refractivity contribution in [2.24, 2.45) is 5.73 Å². The van der Waals surface area contributed by atoms with Gasteiger partial charge in [-0.3, -0.25) is 0 Å². The summed E-state index contributed by atoms with van der Waals surface area (Å²) in [6, 6.07) is 20.1. The molecule has 2 aromatic heterocycles. The average Bonchev–Trinajstić information content (AvgIpc) is 3.24. The quantitative estimate of drug-likeness (QED) is 0.414. The molecular formula is C25H28N6O. The molecule has 0 spiro atoms. The zero-order valence-electron chi connectivity index (χ0n) is 17.9. The molecule has 32 heavy (non-hydrogen) atoms. The van der Waals surface area contributed by atoms with Gasteiger partial charge in [0, 0.05) is 23.7 Å². The fourth-order valence-corrected chi connectivity index (χ4v) is 4.25. The molecule has 4 aromatic rings. The van der Waals surface area contributed by atoms with Crippen molar-refractivity contribution in [3.63, 3.8) is 0 Å². The van der Waals surface area contributed by atoms with E-state index in [4.69, 9.17) is 21.2 Å². The van der Waals surface area contributed by atoms with E-state index in [2.05, 4.69) is 22.5 Å². The molecule has 5 N–H and O–H groups in total. The van der Waals surface area contributed by atoms with Crippen molar-refractivity contribution in [1.29, 1.82) is 0 Å². The van der Waals surface area contributed by atoms with Gasteiger partial charge in [-0.2, -0.15) is 0 Å². The number of imidazole rings is 1. The number of ether oxygens (including phenoxy) is 1. The van der Waals surface area contributed by atoms with Crippen LogP contribution in [0.15, 0.2) is 66.9 Å². The maximum absolute atomic E-state index is 6.07. The number of nitrogens with two attached hydrogens (primary N) is 2. The van der Waals surface area contributed by atoms with Crippen molar-refractivity contribution in [3.05, 3.63) is 78.1 Å². The molecule has 5 rings (SSSR count). The highest BCUT2D eigenvalue weighted by Gasteiger charge is 2.23. The highest BCUT2D eigenvalue weighted by Crippen LogP contribution is 2.33. The summed E-state index contributed by atoms with van der Waals surface area (Å²) < 4.78 is 7.66. The monoisotopic (exact) mass is 428 g/mol. The van der Waals surface area contributed by atoms with Crippen molar-refractivity contribution in [1.82, 2.24) is 14.6 Å². The van der Waals surface area contributed by atoms with E-state index in [1.165, 1.54) is 0 Å². The molecular weight excluding hydrogens is 400 g/mol. The lowest BCUT2D eigenvalue weighted by molar-refractivity contribution is 0.306. The van der Waals surface area contributed by atoms with Gasteiger partial charge in [-0.1, -0.05) is 30.3 Å². The molecule has 164 valence electrons. The maximum Gasteiger partial charge on any atom is 0.177 e. The minimum Gasteiger partial charge on any atom is -0.489 e. The highest BCUT2D eigenvalue weighted by atomic mass is 16.5. The normalized spacial score (nSPS) is 18.5. The lowest BCUT2D eigenvalue weighted by atomic mass is 9.85. The van der Waals surface area contributed by atoms with Crippen LogP contribution >= 0.6 is 0 Å². The van der Waals surface area contributed by atoms with Crippen LogP contribution in [-0.2, 0) is 6.61 Å². The first kappa shape index (κ1) is 20.3. The van der Waals surface area contributed by atoms with Crippen LogP contribution in [0.3, 0.4) is 0 Å². The van der Waals surface area contributed by atoms with Crippen LogP contribution < -0.4 is 21.5 Å². The highest BCUT2D eigenvalue weighted by molar-refractivity contribution is 5.75. The fraction of sp³-hybridized carbons (Fsp3) is 0.280. The molecule has 1 fully saturated rings. The van der Waals surface area contributed by atoms with Crippen LogP contribution in [0.2, 0.25) is 0 Å². The summed E-state index contributed by atoms with van der Waals surface area (Å²) in [5.41, 5.74) is 16.9. The van der Waals surface area contributed by atoms with Crippen LogP contribution in [0.1, 0.15) is 42.9 Å². The van der Waals surface area contributed by atoms with Gasteiger partial charge in [0.05, 0.1) is 17.6 Å². The van der Waals surface area contributed by atoms with Gasteiger partial charge in [0.1, 0.15) is 18.2 Å². The Balaban J connectivity index is 1.32. The number of fused-ring (bicyclic) bond motifs is 1. The van der Waals surface area contributed by atoms with E-state index in [0.29, 0.717) is 24.4 Å². The number of nitrogen functional groups attached to an aromatic ring is 1. The predicted molar refractivity (Wildman–Crippen MR) is 127 cm³/mol. The molecule has 2 aromatic carbocycles. The number of hydrogen-bond acceptors (Lipinski definition) is 6. The summed E-state index contributed by atoms with van der Waals surface area (Å²) in [7, 11) is 0. The third-order valence-corrected chi connectivity index (χ3v) is 6.03.